The van der Waals surface area contributed by atoms with Gasteiger partial charge in [-0.1, -0.05) is 18.2 Å². The maximum atomic E-state index is 11.1. The van der Waals surface area contributed by atoms with Gasteiger partial charge in [0, 0.05) is 11.9 Å². The first-order valence-corrected chi connectivity index (χ1v) is 4.64. The van der Waals surface area contributed by atoms with E-state index in [0.29, 0.717) is 0 Å². The highest BCUT2D eigenvalue weighted by Gasteiger charge is 2.16. The van der Waals surface area contributed by atoms with Crippen molar-refractivity contribution in [1.29, 1.82) is 5.26 Å². The van der Waals surface area contributed by atoms with Gasteiger partial charge in [0.1, 0.15) is 11.8 Å². The molecule has 0 spiro atoms. The Kier molecular flexibility index (Phi) is 2.44. The topological polar surface area (TPSA) is 66.0 Å². The molecule has 0 aliphatic heterocycles. The van der Waals surface area contributed by atoms with Crippen LogP contribution in [-0.4, -0.2) is 15.6 Å². The normalized spacial score (nSPS) is 9.69. The molecule has 0 fully saturated rings. The Hall–Kier alpha value is -2.54. The lowest BCUT2D eigenvalue weighted by Gasteiger charge is -2.05. The van der Waals surface area contributed by atoms with Crippen molar-refractivity contribution in [2.75, 3.05) is 0 Å². The lowest BCUT2D eigenvalue weighted by atomic mass is 10.2. The van der Waals surface area contributed by atoms with Crippen LogP contribution in [0.1, 0.15) is 16.1 Å². The number of hydrogen-bond donors (Lipinski definition) is 1. The summed E-state index contributed by atoms with van der Waals surface area (Å²) < 4.78 is 1.49. The summed E-state index contributed by atoms with van der Waals surface area (Å²) in [5, 5.41) is 17.9. The summed E-state index contributed by atoms with van der Waals surface area (Å²) in [6.07, 6.45) is 1.58. The lowest BCUT2D eigenvalue weighted by molar-refractivity contribution is 0.0688. The Bertz CT molecular complexity index is 564. The molecule has 1 heterocycles. The van der Waals surface area contributed by atoms with E-state index in [9.17, 15) is 4.79 Å². The molecule has 1 N–H and O–H groups in total. The number of rotatable bonds is 2. The fourth-order valence-corrected chi connectivity index (χ4v) is 1.54. The van der Waals surface area contributed by atoms with Crippen LogP contribution in [0.15, 0.2) is 42.6 Å². The van der Waals surface area contributed by atoms with Crippen LogP contribution in [0.3, 0.4) is 0 Å². The molecule has 1 aromatic carbocycles. The number of carbonyl (C=O) groups is 1. The van der Waals surface area contributed by atoms with Crippen LogP contribution >= 0.6 is 0 Å². The van der Waals surface area contributed by atoms with E-state index in [1.807, 2.05) is 24.3 Å². The van der Waals surface area contributed by atoms with Crippen LogP contribution in [0.5, 0.6) is 0 Å². The molecular formula is C12H8N2O2. The number of aromatic nitrogens is 1. The Morgan fingerprint density at radius 2 is 1.94 bits per heavy atom. The zero-order valence-electron chi connectivity index (χ0n) is 8.29. The van der Waals surface area contributed by atoms with Crippen LogP contribution in [0, 0.1) is 11.3 Å². The molecule has 0 atom stereocenters. The van der Waals surface area contributed by atoms with E-state index in [1.54, 1.807) is 18.3 Å². The minimum Gasteiger partial charge on any atom is -0.477 e. The molecular weight excluding hydrogens is 204 g/mol. The van der Waals surface area contributed by atoms with Crippen molar-refractivity contribution in [2.24, 2.45) is 0 Å². The molecule has 78 valence electrons. The lowest BCUT2D eigenvalue weighted by Crippen LogP contribution is -2.07. The molecule has 0 aliphatic rings. The third-order valence-corrected chi connectivity index (χ3v) is 2.24. The number of hydrogen-bond acceptors (Lipinski definition) is 2. The maximum absolute atomic E-state index is 11.1. The summed E-state index contributed by atoms with van der Waals surface area (Å²) in [6, 6.07) is 12.4. The summed E-state index contributed by atoms with van der Waals surface area (Å²) in [6.45, 7) is 0. The predicted molar refractivity (Wildman–Crippen MR) is 57.4 cm³/mol. The van der Waals surface area contributed by atoms with Crippen molar-refractivity contribution in [3.8, 4) is 11.8 Å². The quantitative estimate of drug-likeness (QED) is 0.828. The molecule has 1 aromatic heterocycles. The van der Waals surface area contributed by atoms with Crippen molar-refractivity contribution < 1.29 is 9.90 Å². The first kappa shape index (κ1) is 9.99. The summed E-state index contributed by atoms with van der Waals surface area (Å²) in [7, 11) is 0. The van der Waals surface area contributed by atoms with Crippen molar-refractivity contribution >= 4 is 5.97 Å². The Morgan fingerprint density at radius 3 is 2.50 bits per heavy atom. The maximum Gasteiger partial charge on any atom is 0.354 e. The summed E-state index contributed by atoms with van der Waals surface area (Å²) >= 11 is 0. The number of nitrogens with zero attached hydrogens (tertiary/aromatic N) is 2. The first-order valence-electron chi connectivity index (χ1n) is 4.64. The molecule has 2 aromatic rings. The van der Waals surface area contributed by atoms with Gasteiger partial charge in [0.25, 0.3) is 0 Å². The highest BCUT2D eigenvalue weighted by molar-refractivity contribution is 5.89. The van der Waals surface area contributed by atoms with Gasteiger partial charge in [-0.25, -0.2) is 4.79 Å². The molecule has 0 saturated heterocycles. The van der Waals surface area contributed by atoms with Crippen LogP contribution < -0.4 is 0 Å². The van der Waals surface area contributed by atoms with Gasteiger partial charge in [-0.2, -0.15) is 5.26 Å². The average molecular weight is 212 g/mol. The van der Waals surface area contributed by atoms with Crippen molar-refractivity contribution in [1.82, 2.24) is 4.57 Å². The van der Waals surface area contributed by atoms with Crippen LogP contribution in [0.25, 0.3) is 5.69 Å². The molecule has 0 unspecified atom stereocenters. The molecule has 0 amide bonds. The molecule has 4 heteroatoms. The third kappa shape index (κ3) is 1.55. The molecule has 4 nitrogen and oxygen atoms in total. The summed E-state index contributed by atoms with van der Waals surface area (Å²) in [5.74, 6) is -1.11. The molecule has 0 aliphatic carbocycles. The van der Waals surface area contributed by atoms with Gasteiger partial charge in [0.2, 0.25) is 0 Å². The monoisotopic (exact) mass is 212 g/mol. The van der Waals surface area contributed by atoms with E-state index in [2.05, 4.69) is 0 Å². The number of nitriles is 1. The predicted octanol–water partition coefficient (Wildman–Crippen LogP) is 2.05. The average Bonchev–Trinajstić information content (AvgIpc) is 2.73. The number of carboxylic acids is 1. The van der Waals surface area contributed by atoms with Gasteiger partial charge in [-0.05, 0) is 18.2 Å². The number of carboxylic acid groups (broad SMARTS) is 1. The number of para-hydroxylation sites is 1. The van der Waals surface area contributed by atoms with Crippen LogP contribution in [0.4, 0.5) is 0 Å². The second-order valence-electron chi connectivity index (χ2n) is 3.20. The van der Waals surface area contributed by atoms with Crippen molar-refractivity contribution in [2.45, 2.75) is 0 Å². The fourth-order valence-electron chi connectivity index (χ4n) is 1.54. The van der Waals surface area contributed by atoms with Crippen LogP contribution in [0.2, 0.25) is 0 Å². The van der Waals surface area contributed by atoms with E-state index in [0.717, 1.165) is 5.69 Å². The Labute approximate surface area is 92.0 Å². The molecule has 0 radical (unpaired) electrons. The zero-order valence-corrected chi connectivity index (χ0v) is 8.29. The standard InChI is InChI=1S/C12H8N2O2/c13-8-9-6-7-14(11(9)12(15)16)10-4-2-1-3-5-10/h1-7H,(H,15,16). The van der Waals surface area contributed by atoms with Crippen LogP contribution in [-0.2, 0) is 0 Å². The van der Waals surface area contributed by atoms with Gasteiger partial charge in [0.05, 0.1) is 5.56 Å². The minimum absolute atomic E-state index is 0.00583. The zero-order chi connectivity index (χ0) is 11.5. The highest BCUT2D eigenvalue weighted by Crippen LogP contribution is 2.16. The van der Waals surface area contributed by atoms with Gasteiger partial charge >= 0.3 is 5.97 Å². The van der Waals surface area contributed by atoms with E-state index >= 15 is 0 Å². The largest absolute Gasteiger partial charge is 0.477 e. The Morgan fingerprint density at radius 1 is 1.25 bits per heavy atom. The fraction of sp³-hybridized carbons (Fsp3) is 0. The molecule has 16 heavy (non-hydrogen) atoms. The van der Waals surface area contributed by atoms with Gasteiger partial charge in [-0.15, -0.1) is 0 Å². The van der Waals surface area contributed by atoms with Gasteiger partial charge in [0.15, 0.2) is 0 Å². The van der Waals surface area contributed by atoms with E-state index in [1.165, 1.54) is 10.6 Å². The minimum atomic E-state index is -1.11. The Balaban J connectivity index is 2.64. The summed E-state index contributed by atoms with van der Waals surface area (Å²) in [4.78, 5) is 11.1. The molecule has 0 bridgehead atoms. The second kappa shape index (κ2) is 3.91. The molecule has 2 rings (SSSR count). The number of aromatic carboxylic acids is 1. The summed E-state index contributed by atoms with van der Waals surface area (Å²) in [5.41, 5.74) is 0.881. The SMILES string of the molecule is N#Cc1ccn(-c2ccccc2)c1C(=O)O. The second-order valence-corrected chi connectivity index (χ2v) is 3.20. The van der Waals surface area contributed by atoms with E-state index < -0.39 is 5.97 Å². The van der Waals surface area contributed by atoms with E-state index in [-0.39, 0.29) is 11.3 Å². The molecule has 0 saturated carbocycles. The van der Waals surface area contributed by atoms with Crippen molar-refractivity contribution in [3.05, 3.63) is 53.9 Å². The third-order valence-electron chi connectivity index (χ3n) is 2.24. The van der Waals surface area contributed by atoms with E-state index in [4.69, 9.17) is 10.4 Å². The smallest absolute Gasteiger partial charge is 0.354 e. The highest BCUT2D eigenvalue weighted by atomic mass is 16.4. The van der Waals surface area contributed by atoms with Gasteiger partial charge < -0.3 is 9.67 Å². The van der Waals surface area contributed by atoms with Gasteiger partial charge in [-0.3, -0.25) is 0 Å². The number of benzene rings is 1. The first-order chi connectivity index (χ1) is 7.74. The van der Waals surface area contributed by atoms with Crippen molar-refractivity contribution in [3.63, 3.8) is 0 Å².